The fraction of sp³-hybridized carbons (Fsp3) is 0.839. The Kier molecular flexibility index (Phi) is 47.4. The molecular weight excluding hydrogens is 919 g/mol. The van der Waals surface area contributed by atoms with Gasteiger partial charge in [-0.15, -0.1) is 0 Å². The van der Waals surface area contributed by atoms with Crippen molar-refractivity contribution in [3.63, 3.8) is 0 Å². The summed E-state index contributed by atoms with van der Waals surface area (Å²) in [7, 11) is 0. The zero-order valence-corrected chi connectivity index (χ0v) is 47.0. The van der Waals surface area contributed by atoms with E-state index in [4.69, 9.17) is 14.2 Å². The molecule has 8 unspecified atom stereocenters. The van der Waals surface area contributed by atoms with Crippen molar-refractivity contribution in [3.05, 3.63) is 48.6 Å². The van der Waals surface area contributed by atoms with Crippen molar-refractivity contribution in [3.8, 4) is 0 Å². The van der Waals surface area contributed by atoms with Gasteiger partial charge in [0.2, 0.25) is 5.91 Å². The Labute approximate surface area is 446 Å². The second kappa shape index (κ2) is 50.4. The first-order chi connectivity index (χ1) is 35.7. The van der Waals surface area contributed by atoms with E-state index in [1.807, 2.05) is 18.2 Å². The number of ether oxygens (including phenoxy) is 3. The van der Waals surface area contributed by atoms with Crippen molar-refractivity contribution < 1.29 is 49.3 Å². The SMILES string of the molecule is CCCCCCCC/C=C\C/C=C/CCC(=O)OC1C(OCC(NC(=O)C(O)CCCCCCCCCC/C=C/CCCCCCCC)C(O)/C=C/CCCCCCCCCCCCC)OC(CO)C(O)C1O. The van der Waals surface area contributed by atoms with Crippen molar-refractivity contribution in [2.75, 3.05) is 13.2 Å². The third-order valence-corrected chi connectivity index (χ3v) is 14.2. The van der Waals surface area contributed by atoms with Crippen LogP contribution in [0, 0.1) is 0 Å². The van der Waals surface area contributed by atoms with Gasteiger partial charge in [0, 0.05) is 6.42 Å². The molecule has 0 spiro atoms. The first-order valence-corrected chi connectivity index (χ1v) is 30.4. The zero-order valence-electron chi connectivity index (χ0n) is 47.0. The summed E-state index contributed by atoms with van der Waals surface area (Å²) in [6.45, 7) is 5.75. The molecule has 426 valence electrons. The molecule has 0 aromatic heterocycles. The summed E-state index contributed by atoms with van der Waals surface area (Å²) < 4.78 is 17.5. The van der Waals surface area contributed by atoms with Crippen molar-refractivity contribution in [2.45, 2.75) is 320 Å². The third-order valence-electron chi connectivity index (χ3n) is 14.2. The van der Waals surface area contributed by atoms with Gasteiger partial charge in [0.15, 0.2) is 12.4 Å². The van der Waals surface area contributed by atoms with Gasteiger partial charge in [0.05, 0.1) is 25.4 Å². The van der Waals surface area contributed by atoms with E-state index in [9.17, 15) is 35.1 Å². The van der Waals surface area contributed by atoms with E-state index in [2.05, 4.69) is 50.4 Å². The van der Waals surface area contributed by atoms with E-state index in [0.29, 0.717) is 12.8 Å². The lowest BCUT2D eigenvalue weighted by molar-refractivity contribution is -0.305. The molecule has 0 radical (unpaired) electrons. The summed E-state index contributed by atoms with van der Waals surface area (Å²) in [5, 5.41) is 56.9. The molecule has 1 heterocycles. The smallest absolute Gasteiger partial charge is 0.306 e. The molecule has 1 fully saturated rings. The minimum Gasteiger partial charge on any atom is -0.454 e. The summed E-state index contributed by atoms with van der Waals surface area (Å²) in [6, 6.07) is -1.03. The van der Waals surface area contributed by atoms with Crippen molar-refractivity contribution in [1.29, 1.82) is 0 Å². The van der Waals surface area contributed by atoms with E-state index in [1.165, 1.54) is 167 Å². The van der Waals surface area contributed by atoms with Gasteiger partial charge in [-0.25, -0.2) is 0 Å². The number of aliphatic hydroxyl groups excluding tert-OH is 5. The first kappa shape index (κ1) is 68.6. The Bertz CT molecular complexity index is 1370. The molecule has 11 heteroatoms. The van der Waals surface area contributed by atoms with Crippen LogP contribution in [0.3, 0.4) is 0 Å². The molecule has 0 saturated carbocycles. The topological polar surface area (TPSA) is 175 Å². The number of hydrogen-bond acceptors (Lipinski definition) is 10. The highest BCUT2D eigenvalue weighted by molar-refractivity contribution is 5.80. The predicted octanol–water partition coefficient (Wildman–Crippen LogP) is 14.1. The van der Waals surface area contributed by atoms with E-state index in [0.717, 1.165) is 57.8 Å². The van der Waals surface area contributed by atoms with Gasteiger partial charge >= 0.3 is 5.97 Å². The fourth-order valence-electron chi connectivity index (χ4n) is 9.35. The molecule has 6 N–H and O–H groups in total. The Morgan fingerprint density at radius 1 is 0.534 bits per heavy atom. The maximum Gasteiger partial charge on any atom is 0.306 e. The number of allylic oxidation sites excluding steroid dienone is 7. The number of esters is 1. The molecule has 1 rings (SSSR count). The number of carbonyl (C=O) groups excluding carboxylic acids is 2. The predicted molar refractivity (Wildman–Crippen MR) is 301 cm³/mol. The van der Waals surface area contributed by atoms with Crippen LogP contribution in [0.25, 0.3) is 0 Å². The van der Waals surface area contributed by atoms with Crippen molar-refractivity contribution in [2.24, 2.45) is 0 Å². The molecule has 0 aromatic rings. The lowest BCUT2D eigenvalue weighted by atomic mass is 9.99. The average molecular weight is 1030 g/mol. The van der Waals surface area contributed by atoms with Crippen LogP contribution in [0.2, 0.25) is 0 Å². The monoisotopic (exact) mass is 1030 g/mol. The maximum absolute atomic E-state index is 13.4. The Morgan fingerprint density at radius 2 is 0.945 bits per heavy atom. The van der Waals surface area contributed by atoms with E-state index in [-0.39, 0.29) is 19.4 Å². The van der Waals surface area contributed by atoms with Crippen molar-refractivity contribution >= 4 is 11.9 Å². The summed E-state index contributed by atoms with van der Waals surface area (Å²) >= 11 is 0. The molecule has 1 aliphatic rings. The lowest BCUT2D eigenvalue weighted by Crippen LogP contribution is -2.61. The van der Waals surface area contributed by atoms with Crippen LogP contribution >= 0.6 is 0 Å². The fourth-order valence-corrected chi connectivity index (χ4v) is 9.35. The summed E-state index contributed by atoms with van der Waals surface area (Å²) in [6.07, 6.45) is 50.2. The summed E-state index contributed by atoms with van der Waals surface area (Å²) in [5.74, 6) is -1.26. The number of rotatable bonds is 51. The van der Waals surface area contributed by atoms with E-state index in [1.54, 1.807) is 6.08 Å². The number of nitrogens with one attached hydrogen (secondary N) is 1. The van der Waals surface area contributed by atoms with Crippen LogP contribution in [-0.4, -0.2) is 99.6 Å². The van der Waals surface area contributed by atoms with Crippen LogP contribution in [0.15, 0.2) is 48.6 Å². The van der Waals surface area contributed by atoms with E-state index >= 15 is 0 Å². The normalized spacial score (nSPS) is 19.7. The molecule has 1 saturated heterocycles. The quantitative estimate of drug-likeness (QED) is 0.0195. The molecule has 73 heavy (non-hydrogen) atoms. The molecule has 0 aromatic carbocycles. The molecule has 1 aliphatic heterocycles. The third kappa shape index (κ3) is 38.8. The van der Waals surface area contributed by atoms with Gasteiger partial charge in [-0.2, -0.15) is 0 Å². The van der Waals surface area contributed by atoms with E-state index < -0.39 is 67.4 Å². The number of amides is 1. The largest absolute Gasteiger partial charge is 0.454 e. The zero-order chi connectivity index (χ0) is 53.3. The number of unbranched alkanes of at least 4 members (excludes halogenated alkanes) is 31. The van der Waals surface area contributed by atoms with Crippen LogP contribution in [0.4, 0.5) is 0 Å². The Morgan fingerprint density at radius 3 is 1.41 bits per heavy atom. The Hall–Kier alpha value is -2.38. The summed E-state index contributed by atoms with van der Waals surface area (Å²) in [4.78, 5) is 26.4. The molecular formula is C62H113NO10. The number of hydrogen-bond donors (Lipinski definition) is 6. The van der Waals surface area contributed by atoms with Gasteiger partial charge < -0.3 is 45.1 Å². The van der Waals surface area contributed by atoms with Crippen LogP contribution in [0.5, 0.6) is 0 Å². The second-order valence-electron chi connectivity index (χ2n) is 21.1. The van der Waals surface area contributed by atoms with Crippen LogP contribution in [-0.2, 0) is 23.8 Å². The molecule has 11 nitrogen and oxygen atoms in total. The number of aliphatic hydroxyl groups is 5. The minimum absolute atomic E-state index is 0.0180. The van der Waals surface area contributed by atoms with Gasteiger partial charge in [-0.3, -0.25) is 9.59 Å². The number of carbonyl (C=O) groups is 2. The molecule has 0 aliphatic carbocycles. The van der Waals surface area contributed by atoms with Crippen LogP contribution < -0.4 is 5.32 Å². The lowest BCUT2D eigenvalue weighted by Gasteiger charge is -2.41. The maximum atomic E-state index is 13.4. The van der Waals surface area contributed by atoms with Crippen LogP contribution in [0.1, 0.15) is 271 Å². The minimum atomic E-state index is -1.63. The standard InChI is InChI=1S/C62H113NO10/c1-4-7-10-13-16-19-22-25-26-27-28-29-32-34-37-40-43-46-49-55(66)61(70)63-53(54(65)48-45-42-39-36-33-30-23-20-17-14-11-8-5-2)52-71-62-60(59(69)58(68)56(51-64)72-62)73-57(67)50-47-44-41-38-35-31-24-21-18-15-12-9-6-3/h25-26,31,35,41,44-45,48,53-56,58-60,62,64-66,68-69H,4-24,27-30,32-34,36-40,42-43,46-47,49-52H2,1-3H3,(H,63,70)/b26-25+,35-31-,44-41+,48-45+. The summed E-state index contributed by atoms with van der Waals surface area (Å²) in [5.41, 5.74) is 0. The highest BCUT2D eigenvalue weighted by Crippen LogP contribution is 2.26. The highest BCUT2D eigenvalue weighted by atomic mass is 16.7. The van der Waals surface area contributed by atoms with Gasteiger partial charge in [-0.1, -0.05) is 243 Å². The van der Waals surface area contributed by atoms with Crippen molar-refractivity contribution in [1.82, 2.24) is 5.32 Å². The average Bonchev–Trinajstić information content (AvgIpc) is 3.39. The molecule has 8 atom stereocenters. The van der Waals surface area contributed by atoms with Gasteiger partial charge in [0.1, 0.15) is 24.4 Å². The van der Waals surface area contributed by atoms with Gasteiger partial charge in [0.25, 0.3) is 0 Å². The molecule has 0 bridgehead atoms. The molecule has 1 amide bonds. The highest BCUT2D eigenvalue weighted by Gasteiger charge is 2.47. The second-order valence-corrected chi connectivity index (χ2v) is 21.1. The first-order valence-electron chi connectivity index (χ1n) is 30.4. The Balaban J connectivity index is 2.73. The van der Waals surface area contributed by atoms with Gasteiger partial charge in [-0.05, 0) is 70.6 Å².